The standard InChI is InChI=1S/C50H29N5/c1-52-35-27-34(29-37(30-35)53-44-19-6-2-14-38(44)39-15-3-7-20-45(39)53)33-12-10-13-36(28-33)54-46-21-8-4-16-40(46)42-18-11-23-49(50(42)54)55-47-22-9-5-17-41(47)43-26-32(31-51)24-25-48(43)55/h2-30H. The SMILES string of the molecule is [C-]#[N+]c1cc(-c2cccc(-n3c4ccccc4c4cccc(-n5c6ccccc6c6cc(C#N)ccc65)c43)c2)cc(-n2c3ccccc3c3ccccc32)c1. The van der Waals surface area contributed by atoms with Crippen LogP contribution in [0.4, 0.5) is 5.69 Å². The fraction of sp³-hybridized carbons (Fsp3) is 0. The average Bonchev–Trinajstić information content (AvgIpc) is 3.89. The van der Waals surface area contributed by atoms with Crippen LogP contribution in [0.15, 0.2) is 176 Å². The number of nitriles is 1. The van der Waals surface area contributed by atoms with Gasteiger partial charge in [0.2, 0.25) is 0 Å². The quantitative estimate of drug-likeness (QED) is 0.169. The Hall–Kier alpha value is -7.86. The molecule has 0 saturated heterocycles. The second-order valence-corrected chi connectivity index (χ2v) is 14.0. The molecule has 0 N–H and O–H groups in total. The minimum atomic E-state index is 0.588. The molecule has 0 unspecified atom stereocenters. The lowest BCUT2D eigenvalue weighted by molar-refractivity contribution is 1.13. The summed E-state index contributed by atoms with van der Waals surface area (Å²) in [6.07, 6.45) is 0. The molecule has 0 bridgehead atoms. The van der Waals surface area contributed by atoms with E-state index in [1.165, 1.54) is 16.2 Å². The summed E-state index contributed by atoms with van der Waals surface area (Å²) >= 11 is 0. The average molecular weight is 700 g/mol. The number of aromatic nitrogens is 3. The predicted octanol–water partition coefficient (Wildman–Crippen LogP) is 13.1. The van der Waals surface area contributed by atoms with Crippen LogP contribution in [0, 0.1) is 17.9 Å². The zero-order valence-corrected chi connectivity index (χ0v) is 29.5. The zero-order chi connectivity index (χ0) is 36.6. The minimum Gasteiger partial charge on any atom is -0.310 e. The zero-order valence-electron chi connectivity index (χ0n) is 29.5. The number of rotatable bonds is 4. The van der Waals surface area contributed by atoms with Crippen LogP contribution in [0.2, 0.25) is 0 Å². The number of fused-ring (bicyclic) bond motifs is 9. The summed E-state index contributed by atoms with van der Waals surface area (Å²) in [5.74, 6) is 0. The van der Waals surface area contributed by atoms with E-state index in [1.54, 1.807) is 0 Å². The molecule has 0 saturated carbocycles. The van der Waals surface area contributed by atoms with Crippen LogP contribution in [0.25, 0.3) is 98.5 Å². The van der Waals surface area contributed by atoms with Gasteiger partial charge in [0.05, 0.1) is 57.0 Å². The molecule has 11 aromatic rings. The van der Waals surface area contributed by atoms with Crippen molar-refractivity contribution < 1.29 is 0 Å². The number of benzene rings is 8. The third-order valence-electron chi connectivity index (χ3n) is 11.0. The van der Waals surface area contributed by atoms with E-state index in [9.17, 15) is 5.26 Å². The van der Waals surface area contributed by atoms with Gasteiger partial charge in [-0.25, -0.2) is 4.85 Å². The molecule has 5 heteroatoms. The maximum atomic E-state index is 9.78. The molecule has 0 spiro atoms. The Morgan fingerprint density at radius 1 is 0.418 bits per heavy atom. The molecular weight excluding hydrogens is 671 g/mol. The van der Waals surface area contributed by atoms with Gasteiger partial charge in [-0.1, -0.05) is 97.1 Å². The molecule has 3 aromatic heterocycles. The fourth-order valence-corrected chi connectivity index (χ4v) is 8.73. The highest BCUT2D eigenvalue weighted by Gasteiger charge is 2.21. The molecule has 0 atom stereocenters. The summed E-state index contributed by atoms with van der Waals surface area (Å²) in [5, 5.41) is 16.6. The maximum absolute atomic E-state index is 9.78. The highest BCUT2D eigenvalue weighted by molar-refractivity contribution is 6.15. The molecule has 5 nitrogen and oxygen atoms in total. The van der Waals surface area contributed by atoms with Gasteiger partial charge in [0, 0.05) is 43.7 Å². The van der Waals surface area contributed by atoms with Gasteiger partial charge in [0.25, 0.3) is 0 Å². The number of hydrogen-bond acceptors (Lipinski definition) is 1. The van der Waals surface area contributed by atoms with Crippen molar-refractivity contribution in [3.63, 3.8) is 0 Å². The van der Waals surface area contributed by atoms with Crippen molar-refractivity contribution in [2.75, 3.05) is 0 Å². The first kappa shape index (κ1) is 30.7. The van der Waals surface area contributed by atoms with E-state index in [-0.39, 0.29) is 0 Å². The lowest BCUT2D eigenvalue weighted by Gasteiger charge is -2.16. The lowest BCUT2D eigenvalue weighted by Crippen LogP contribution is -2.01. The first-order valence-electron chi connectivity index (χ1n) is 18.3. The molecule has 8 aromatic carbocycles. The summed E-state index contributed by atoms with van der Waals surface area (Å²) in [6, 6.07) is 63.7. The molecule has 0 aliphatic rings. The van der Waals surface area contributed by atoms with Gasteiger partial charge in [0.15, 0.2) is 5.69 Å². The number of nitrogens with zero attached hydrogens (tertiary/aromatic N) is 5. The largest absolute Gasteiger partial charge is 0.310 e. The molecule has 0 radical (unpaired) electrons. The first-order chi connectivity index (χ1) is 27.2. The molecule has 0 aliphatic heterocycles. The summed E-state index contributed by atoms with van der Waals surface area (Å²) in [5.41, 5.74) is 12.8. The van der Waals surface area contributed by atoms with E-state index < -0.39 is 0 Å². The molecule has 55 heavy (non-hydrogen) atoms. The monoisotopic (exact) mass is 699 g/mol. The second-order valence-electron chi connectivity index (χ2n) is 14.0. The van der Waals surface area contributed by atoms with Crippen molar-refractivity contribution in [1.29, 1.82) is 5.26 Å². The third-order valence-corrected chi connectivity index (χ3v) is 11.0. The Balaban J connectivity index is 1.16. The summed E-state index contributed by atoms with van der Waals surface area (Å²) < 4.78 is 6.99. The van der Waals surface area contributed by atoms with Crippen LogP contribution in [-0.2, 0) is 0 Å². The Morgan fingerprint density at radius 2 is 0.964 bits per heavy atom. The molecule has 0 fully saturated rings. The first-order valence-corrected chi connectivity index (χ1v) is 18.3. The predicted molar refractivity (Wildman–Crippen MR) is 226 cm³/mol. The molecule has 3 heterocycles. The Labute approximate surface area is 316 Å². The molecule has 0 aliphatic carbocycles. The summed E-state index contributed by atoms with van der Waals surface area (Å²) in [6.45, 7) is 8.11. The van der Waals surface area contributed by atoms with E-state index in [2.05, 4.69) is 176 Å². The van der Waals surface area contributed by atoms with Gasteiger partial charge in [-0.05, 0) is 90.0 Å². The summed E-state index contributed by atoms with van der Waals surface area (Å²) in [4.78, 5) is 3.95. The Morgan fingerprint density at radius 3 is 1.64 bits per heavy atom. The molecule has 254 valence electrons. The van der Waals surface area contributed by atoms with Crippen LogP contribution < -0.4 is 0 Å². The highest BCUT2D eigenvalue weighted by atomic mass is 15.1. The van der Waals surface area contributed by atoms with Crippen LogP contribution in [0.3, 0.4) is 0 Å². The smallest absolute Gasteiger partial charge is 0.189 e. The topological polar surface area (TPSA) is 42.9 Å². The maximum Gasteiger partial charge on any atom is 0.189 e. The van der Waals surface area contributed by atoms with Crippen molar-refractivity contribution in [3.05, 3.63) is 193 Å². The van der Waals surface area contributed by atoms with Crippen molar-refractivity contribution in [2.24, 2.45) is 0 Å². The van der Waals surface area contributed by atoms with E-state index in [0.29, 0.717) is 11.3 Å². The van der Waals surface area contributed by atoms with Gasteiger partial charge in [0.1, 0.15) is 0 Å². The Bertz CT molecular complexity index is 3420. The fourth-order valence-electron chi connectivity index (χ4n) is 8.73. The van der Waals surface area contributed by atoms with Crippen LogP contribution in [-0.4, -0.2) is 13.7 Å². The molecular formula is C50H29N5. The van der Waals surface area contributed by atoms with Gasteiger partial charge >= 0.3 is 0 Å². The normalized spacial score (nSPS) is 11.6. The van der Waals surface area contributed by atoms with Gasteiger partial charge in [-0.15, -0.1) is 0 Å². The van der Waals surface area contributed by atoms with Gasteiger partial charge in [-0.3, -0.25) is 0 Å². The van der Waals surface area contributed by atoms with E-state index in [1.807, 2.05) is 24.3 Å². The minimum absolute atomic E-state index is 0.588. The van der Waals surface area contributed by atoms with E-state index in [4.69, 9.17) is 6.57 Å². The van der Waals surface area contributed by atoms with Gasteiger partial charge < -0.3 is 13.7 Å². The van der Waals surface area contributed by atoms with Crippen LogP contribution >= 0.6 is 0 Å². The van der Waals surface area contributed by atoms with E-state index >= 15 is 0 Å². The molecule has 11 rings (SSSR count). The third kappa shape index (κ3) is 4.51. The number of hydrogen-bond donors (Lipinski definition) is 0. The lowest BCUT2D eigenvalue weighted by atomic mass is 10.0. The van der Waals surface area contributed by atoms with Crippen molar-refractivity contribution in [1.82, 2.24) is 13.7 Å². The van der Waals surface area contributed by atoms with E-state index in [0.717, 1.165) is 77.4 Å². The number of para-hydroxylation sites is 5. The van der Waals surface area contributed by atoms with Crippen molar-refractivity contribution in [2.45, 2.75) is 0 Å². The highest BCUT2D eigenvalue weighted by Crippen LogP contribution is 2.41. The van der Waals surface area contributed by atoms with Crippen molar-refractivity contribution in [3.8, 4) is 34.3 Å². The molecule has 0 amide bonds. The van der Waals surface area contributed by atoms with Gasteiger partial charge in [-0.2, -0.15) is 5.26 Å². The summed E-state index contributed by atoms with van der Waals surface area (Å²) in [7, 11) is 0. The second kappa shape index (κ2) is 11.8. The van der Waals surface area contributed by atoms with Crippen LogP contribution in [0.1, 0.15) is 5.56 Å². The van der Waals surface area contributed by atoms with Crippen molar-refractivity contribution >= 4 is 71.1 Å². The van der Waals surface area contributed by atoms with Crippen LogP contribution in [0.5, 0.6) is 0 Å². The Kier molecular flexibility index (Phi) is 6.61.